The van der Waals surface area contributed by atoms with Crippen LogP contribution in [-0.4, -0.2) is 23.9 Å². The number of benzene rings is 2. The maximum atomic E-state index is 13.0. The molecule has 1 N–H and O–H groups in total. The van der Waals surface area contributed by atoms with Gasteiger partial charge in [0.1, 0.15) is 0 Å². The molecule has 4 heteroatoms. The summed E-state index contributed by atoms with van der Waals surface area (Å²) in [6.07, 6.45) is 1.91. The molecule has 2 heterocycles. The summed E-state index contributed by atoms with van der Waals surface area (Å²) >= 11 is 0. The summed E-state index contributed by atoms with van der Waals surface area (Å²) in [5.41, 5.74) is 5.03. The molecule has 1 saturated heterocycles. The molecule has 2 aliphatic heterocycles. The number of nitrogens with one attached hydrogen (secondary N) is 1. The lowest BCUT2D eigenvalue weighted by atomic mass is 9.96. The first-order chi connectivity index (χ1) is 11.3. The summed E-state index contributed by atoms with van der Waals surface area (Å²) in [6.45, 7) is 3.34. The van der Waals surface area contributed by atoms with Crippen LogP contribution in [0.25, 0.3) is 11.1 Å². The molecule has 1 fully saturated rings. The van der Waals surface area contributed by atoms with Gasteiger partial charge in [-0.05, 0) is 48.2 Å². The molecule has 2 aliphatic rings. The van der Waals surface area contributed by atoms with E-state index in [0.717, 1.165) is 25.9 Å². The van der Waals surface area contributed by atoms with Crippen molar-refractivity contribution in [2.45, 2.75) is 25.9 Å². The van der Waals surface area contributed by atoms with Gasteiger partial charge in [-0.25, -0.2) is 0 Å². The van der Waals surface area contributed by atoms with E-state index in [1.807, 2.05) is 0 Å². The first kappa shape index (κ1) is 17.0. The van der Waals surface area contributed by atoms with Crippen LogP contribution in [0, 0.1) is 5.92 Å². The fourth-order valence-electron chi connectivity index (χ4n) is 3.79. The summed E-state index contributed by atoms with van der Waals surface area (Å²) in [4.78, 5) is 15.1. The average molecular weight is 343 g/mol. The highest BCUT2D eigenvalue weighted by atomic mass is 35.5. The normalized spacial score (nSPS) is 17.2. The van der Waals surface area contributed by atoms with Gasteiger partial charge in [0.2, 0.25) is 5.91 Å². The molecule has 0 bridgehead atoms. The molecular weight excluding hydrogens is 320 g/mol. The third-order valence-corrected chi connectivity index (χ3v) is 5.05. The molecule has 0 unspecified atom stereocenters. The van der Waals surface area contributed by atoms with Crippen molar-refractivity contribution in [3.63, 3.8) is 0 Å². The Kier molecular flexibility index (Phi) is 5.22. The van der Waals surface area contributed by atoms with E-state index in [0.29, 0.717) is 19.0 Å². The van der Waals surface area contributed by atoms with Gasteiger partial charge in [0, 0.05) is 19.0 Å². The Morgan fingerprint density at radius 3 is 1.92 bits per heavy atom. The lowest BCUT2D eigenvalue weighted by Gasteiger charge is -2.29. The number of carbonyl (C=O) groups is 1. The van der Waals surface area contributed by atoms with E-state index >= 15 is 0 Å². The quantitative estimate of drug-likeness (QED) is 0.858. The van der Waals surface area contributed by atoms with Crippen LogP contribution in [0.15, 0.2) is 48.5 Å². The van der Waals surface area contributed by atoms with Crippen LogP contribution in [0.4, 0.5) is 0 Å². The fraction of sp³-hybridized carbons (Fsp3) is 0.350. The van der Waals surface area contributed by atoms with E-state index in [4.69, 9.17) is 0 Å². The number of nitrogens with zero attached hydrogens (tertiary/aromatic N) is 1. The topological polar surface area (TPSA) is 32.3 Å². The van der Waals surface area contributed by atoms with Crippen molar-refractivity contribution in [3.05, 3.63) is 59.7 Å². The fourth-order valence-corrected chi connectivity index (χ4v) is 3.79. The SMILES string of the molecule is Cl.O=C(C1CCNCC1)N1Cc2ccccc2-c2ccccc2C1. The van der Waals surface area contributed by atoms with E-state index in [-0.39, 0.29) is 18.3 Å². The van der Waals surface area contributed by atoms with Crippen LogP contribution in [0.3, 0.4) is 0 Å². The Balaban J connectivity index is 0.00000169. The van der Waals surface area contributed by atoms with Crippen molar-refractivity contribution >= 4 is 18.3 Å². The third kappa shape index (κ3) is 3.19. The van der Waals surface area contributed by atoms with E-state index in [1.165, 1.54) is 22.3 Å². The van der Waals surface area contributed by atoms with Gasteiger partial charge in [-0.3, -0.25) is 4.79 Å². The zero-order valence-electron chi connectivity index (χ0n) is 13.7. The van der Waals surface area contributed by atoms with Gasteiger partial charge in [-0.1, -0.05) is 48.5 Å². The first-order valence-electron chi connectivity index (χ1n) is 8.48. The first-order valence-corrected chi connectivity index (χ1v) is 8.48. The smallest absolute Gasteiger partial charge is 0.226 e. The van der Waals surface area contributed by atoms with Crippen molar-refractivity contribution in [3.8, 4) is 11.1 Å². The maximum Gasteiger partial charge on any atom is 0.226 e. The maximum absolute atomic E-state index is 13.0. The molecule has 2 aromatic rings. The number of hydrogen-bond donors (Lipinski definition) is 1. The second-order valence-electron chi connectivity index (χ2n) is 6.53. The molecule has 3 nitrogen and oxygen atoms in total. The summed E-state index contributed by atoms with van der Waals surface area (Å²) in [7, 11) is 0. The molecule has 0 aromatic heterocycles. The van der Waals surface area contributed by atoms with Crippen LogP contribution in [0.2, 0.25) is 0 Å². The minimum atomic E-state index is 0. The van der Waals surface area contributed by atoms with Gasteiger partial charge in [-0.2, -0.15) is 0 Å². The molecule has 4 rings (SSSR count). The molecule has 0 atom stereocenters. The standard InChI is InChI=1S/C20H22N2O.ClH/c23-20(15-9-11-21-12-10-15)22-13-16-5-1-3-7-18(16)19-8-4-2-6-17(19)14-22;/h1-8,15,21H,9-14H2;1H. The zero-order valence-corrected chi connectivity index (χ0v) is 14.5. The van der Waals surface area contributed by atoms with Crippen molar-refractivity contribution in [1.82, 2.24) is 10.2 Å². The van der Waals surface area contributed by atoms with Crippen LogP contribution in [0.5, 0.6) is 0 Å². The minimum absolute atomic E-state index is 0. The van der Waals surface area contributed by atoms with Gasteiger partial charge >= 0.3 is 0 Å². The Hall–Kier alpha value is -1.84. The highest BCUT2D eigenvalue weighted by Gasteiger charge is 2.28. The Bertz CT molecular complexity index is 678. The van der Waals surface area contributed by atoms with Crippen LogP contribution < -0.4 is 5.32 Å². The molecule has 126 valence electrons. The molecule has 2 aromatic carbocycles. The molecule has 0 spiro atoms. The summed E-state index contributed by atoms with van der Waals surface area (Å²) in [6, 6.07) is 17.0. The molecule has 0 aliphatic carbocycles. The lowest BCUT2D eigenvalue weighted by Crippen LogP contribution is -2.40. The molecule has 24 heavy (non-hydrogen) atoms. The minimum Gasteiger partial charge on any atom is -0.334 e. The van der Waals surface area contributed by atoms with Crippen molar-refractivity contribution in [1.29, 1.82) is 0 Å². The number of halogens is 1. The van der Waals surface area contributed by atoms with E-state index < -0.39 is 0 Å². The van der Waals surface area contributed by atoms with Gasteiger partial charge in [0.15, 0.2) is 0 Å². The van der Waals surface area contributed by atoms with Gasteiger partial charge in [0.05, 0.1) is 0 Å². The van der Waals surface area contributed by atoms with Crippen molar-refractivity contribution < 1.29 is 4.79 Å². The summed E-state index contributed by atoms with van der Waals surface area (Å²) in [5, 5.41) is 3.35. The number of piperidine rings is 1. The highest BCUT2D eigenvalue weighted by Crippen LogP contribution is 2.33. The van der Waals surface area contributed by atoms with E-state index in [2.05, 4.69) is 58.7 Å². The van der Waals surface area contributed by atoms with Crippen LogP contribution >= 0.6 is 12.4 Å². The summed E-state index contributed by atoms with van der Waals surface area (Å²) < 4.78 is 0. The highest BCUT2D eigenvalue weighted by molar-refractivity contribution is 5.85. The average Bonchev–Trinajstić information content (AvgIpc) is 2.79. The Labute approximate surface area is 149 Å². The largest absolute Gasteiger partial charge is 0.334 e. The Morgan fingerprint density at radius 2 is 1.38 bits per heavy atom. The zero-order chi connectivity index (χ0) is 15.6. The van der Waals surface area contributed by atoms with Crippen molar-refractivity contribution in [2.24, 2.45) is 5.92 Å². The van der Waals surface area contributed by atoms with Crippen LogP contribution in [-0.2, 0) is 17.9 Å². The van der Waals surface area contributed by atoms with E-state index in [9.17, 15) is 4.79 Å². The van der Waals surface area contributed by atoms with Gasteiger partial charge in [-0.15, -0.1) is 12.4 Å². The number of rotatable bonds is 1. The monoisotopic (exact) mass is 342 g/mol. The third-order valence-electron chi connectivity index (χ3n) is 5.05. The van der Waals surface area contributed by atoms with Crippen LogP contribution in [0.1, 0.15) is 24.0 Å². The predicted molar refractivity (Wildman–Crippen MR) is 99.0 cm³/mol. The molecule has 0 saturated carbocycles. The number of amides is 1. The van der Waals surface area contributed by atoms with Gasteiger partial charge in [0.25, 0.3) is 0 Å². The molecular formula is C20H23ClN2O. The number of carbonyl (C=O) groups excluding carboxylic acids is 1. The second kappa shape index (κ2) is 7.37. The predicted octanol–water partition coefficient (Wildman–Crippen LogP) is 3.62. The van der Waals surface area contributed by atoms with Gasteiger partial charge < -0.3 is 10.2 Å². The number of hydrogen-bond acceptors (Lipinski definition) is 2. The van der Waals surface area contributed by atoms with Crippen molar-refractivity contribution in [2.75, 3.05) is 13.1 Å². The Morgan fingerprint density at radius 1 is 0.875 bits per heavy atom. The second-order valence-corrected chi connectivity index (χ2v) is 6.53. The van der Waals surface area contributed by atoms with E-state index in [1.54, 1.807) is 0 Å². The lowest BCUT2D eigenvalue weighted by molar-refractivity contribution is -0.137. The summed E-state index contributed by atoms with van der Waals surface area (Å²) in [5.74, 6) is 0.492. The molecule has 0 radical (unpaired) electrons. The molecule has 1 amide bonds. The number of fused-ring (bicyclic) bond motifs is 3.